The number of hydrogen-bond acceptors (Lipinski definition) is 4. The highest BCUT2D eigenvalue weighted by Crippen LogP contribution is 2.25. The topological polar surface area (TPSA) is 54.9 Å². The molecule has 5 heteroatoms. The van der Waals surface area contributed by atoms with Gasteiger partial charge in [0.05, 0.1) is 23.3 Å². The molecule has 26 heavy (non-hydrogen) atoms. The van der Waals surface area contributed by atoms with Gasteiger partial charge in [-0.2, -0.15) is 0 Å². The predicted molar refractivity (Wildman–Crippen MR) is 106 cm³/mol. The second-order valence-corrected chi connectivity index (χ2v) is 6.97. The van der Waals surface area contributed by atoms with E-state index in [1.165, 1.54) is 5.56 Å². The molecule has 0 radical (unpaired) electrons. The third-order valence-corrected chi connectivity index (χ3v) is 5.04. The highest BCUT2D eigenvalue weighted by molar-refractivity contribution is 7.13. The Morgan fingerprint density at radius 1 is 1.08 bits per heavy atom. The SMILES string of the molecule is Cc1ccc(-c2nc(CC(=O)Nc3cccc4cccnc34)cs2)cc1. The zero-order valence-corrected chi connectivity index (χ0v) is 15.1. The van der Waals surface area contributed by atoms with Crippen molar-refractivity contribution in [3.63, 3.8) is 0 Å². The number of amides is 1. The highest BCUT2D eigenvalue weighted by Gasteiger charge is 2.11. The number of carbonyl (C=O) groups is 1. The van der Waals surface area contributed by atoms with Crippen LogP contribution in [-0.4, -0.2) is 15.9 Å². The molecule has 0 saturated carbocycles. The lowest BCUT2D eigenvalue weighted by Gasteiger charge is -2.07. The monoisotopic (exact) mass is 359 g/mol. The van der Waals surface area contributed by atoms with E-state index in [0.717, 1.165) is 32.9 Å². The van der Waals surface area contributed by atoms with Gasteiger partial charge in [-0.25, -0.2) is 4.98 Å². The van der Waals surface area contributed by atoms with E-state index >= 15 is 0 Å². The van der Waals surface area contributed by atoms with Gasteiger partial charge in [0.2, 0.25) is 5.91 Å². The van der Waals surface area contributed by atoms with Gasteiger partial charge in [0.15, 0.2) is 0 Å². The first kappa shape index (κ1) is 16.4. The highest BCUT2D eigenvalue weighted by atomic mass is 32.1. The molecule has 0 spiro atoms. The van der Waals surface area contributed by atoms with Crippen molar-refractivity contribution in [3.05, 3.63) is 77.4 Å². The summed E-state index contributed by atoms with van der Waals surface area (Å²) in [5.41, 5.74) is 4.58. The summed E-state index contributed by atoms with van der Waals surface area (Å²) in [5.74, 6) is -0.0936. The fourth-order valence-electron chi connectivity index (χ4n) is 2.78. The Bertz CT molecular complexity index is 1060. The zero-order valence-electron chi connectivity index (χ0n) is 14.3. The molecular formula is C21H17N3OS. The van der Waals surface area contributed by atoms with Crippen molar-refractivity contribution >= 4 is 33.8 Å². The number of aryl methyl sites for hydroxylation is 1. The zero-order chi connectivity index (χ0) is 17.9. The Balaban J connectivity index is 1.49. The molecule has 0 saturated heterocycles. The largest absolute Gasteiger partial charge is 0.324 e. The van der Waals surface area contributed by atoms with Crippen molar-refractivity contribution in [2.24, 2.45) is 0 Å². The quantitative estimate of drug-likeness (QED) is 0.567. The number of hydrogen-bond donors (Lipinski definition) is 1. The second kappa shape index (κ2) is 7.06. The average Bonchev–Trinajstić information content (AvgIpc) is 3.11. The summed E-state index contributed by atoms with van der Waals surface area (Å²) in [6, 6.07) is 17.9. The lowest BCUT2D eigenvalue weighted by molar-refractivity contribution is -0.115. The molecule has 0 fully saturated rings. The van der Waals surface area contributed by atoms with Gasteiger partial charge in [-0.1, -0.05) is 48.0 Å². The molecule has 0 atom stereocenters. The van der Waals surface area contributed by atoms with Crippen LogP contribution in [-0.2, 0) is 11.2 Å². The number of carbonyl (C=O) groups excluding carboxylic acids is 1. The molecule has 0 bridgehead atoms. The summed E-state index contributed by atoms with van der Waals surface area (Å²) in [5, 5.41) is 6.82. The van der Waals surface area contributed by atoms with E-state index in [9.17, 15) is 4.79 Å². The van der Waals surface area contributed by atoms with Gasteiger partial charge in [-0.15, -0.1) is 11.3 Å². The van der Waals surface area contributed by atoms with Crippen LogP contribution < -0.4 is 5.32 Å². The number of aromatic nitrogens is 2. The Morgan fingerprint density at radius 3 is 2.73 bits per heavy atom. The second-order valence-electron chi connectivity index (χ2n) is 6.12. The molecule has 1 N–H and O–H groups in total. The van der Waals surface area contributed by atoms with E-state index in [4.69, 9.17) is 0 Å². The van der Waals surface area contributed by atoms with Crippen LogP contribution in [0, 0.1) is 6.92 Å². The fourth-order valence-corrected chi connectivity index (χ4v) is 3.61. The average molecular weight is 359 g/mol. The van der Waals surface area contributed by atoms with Gasteiger partial charge < -0.3 is 5.32 Å². The summed E-state index contributed by atoms with van der Waals surface area (Å²) in [6.45, 7) is 2.06. The minimum atomic E-state index is -0.0936. The number of anilines is 1. The van der Waals surface area contributed by atoms with E-state index in [-0.39, 0.29) is 12.3 Å². The third-order valence-electron chi connectivity index (χ3n) is 4.10. The summed E-state index contributed by atoms with van der Waals surface area (Å²) < 4.78 is 0. The van der Waals surface area contributed by atoms with Gasteiger partial charge in [0.25, 0.3) is 0 Å². The molecule has 4 rings (SSSR count). The fraction of sp³-hybridized carbons (Fsp3) is 0.0952. The molecule has 2 heterocycles. The number of thiazole rings is 1. The first-order valence-corrected chi connectivity index (χ1v) is 9.22. The maximum absolute atomic E-state index is 12.4. The number of benzene rings is 2. The first-order valence-electron chi connectivity index (χ1n) is 8.34. The Morgan fingerprint density at radius 2 is 1.88 bits per heavy atom. The van der Waals surface area contributed by atoms with Crippen LogP contribution in [0.15, 0.2) is 66.2 Å². The molecule has 4 aromatic rings. The molecule has 4 nitrogen and oxygen atoms in total. The van der Waals surface area contributed by atoms with Crippen LogP contribution in [0.5, 0.6) is 0 Å². The Kier molecular flexibility index (Phi) is 4.46. The summed E-state index contributed by atoms with van der Waals surface area (Å²) in [6.07, 6.45) is 1.97. The van der Waals surface area contributed by atoms with E-state index in [1.54, 1.807) is 17.5 Å². The van der Waals surface area contributed by atoms with E-state index in [0.29, 0.717) is 0 Å². The number of rotatable bonds is 4. The Labute approximate surface area is 155 Å². The lowest BCUT2D eigenvalue weighted by Crippen LogP contribution is -2.15. The molecule has 0 unspecified atom stereocenters. The van der Waals surface area contributed by atoms with Gasteiger partial charge in [0.1, 0.15) is 5.01 Å². The van der Waals surface area contributed by atoms with Gasteiger partial charge in [-0.3, -0.25) is 9.78 Å². The molecule has 2 aromatic carbocycles. The summed E-state index contributed by atoms with van der Waals surface area (Å²) in [7, 11) is 0. The van der Waals surface area contributed by atoms with Gasteiger partial charge in [-0.05, 0) is 19.1 Å². The smallest absolute Gasteiger partial charge is 0.230 e. The Hall–Kier alpha value is -3.05. The number of nitrogens with one attached hydrogen (secondary N) is 1. The molecular weight excluding hydrogens is 342 g/mol. The summed E-state index contributed by atoms with van der Waals surface area (Å²) in [4.78, 5) is 21.4. The maximum Gasteiger partial charge on any atom is 0.230 e. The van der Waals surface area contributed by atoms with Crippen molar-refractivity contribution in [1.29, 1.82) is 0 Å². The first-order chi connectivity index (χ1) is 12.7. The number of para-hydroxylation sites is 1. The minimum Gasteiger partial charge on any atom is -0.324 e. The van der Waals surface area contributed by atoms with Crippen molar-refractivity contribution in [3.8, 4) is 10.6 Å². The molecule has 1 amide bonds. The molecule has 0 aliphatic rings. The molecule has 0 aliphatic heterocycles. The minimum absolute atomic E-state index is 0.0936. The van der Waals surface area contributed by atoms with Crippen LogP contribution in [0.25, 0.3) is 21.5 Å². The van der Waals surface area contributed by atoms with Crippen molar-refractivity contribution < 1.29 is 4.79 Å². The van der Waals surface area contributed by atoms with Crippen LogP contribution >= 0.6 is 11.3 Å². The van der Waals surface area contributed by atoms with Crippen LogP contribution in [0.4, 0.5) is 5.69 Å². The van der Waals surface area contributed by atoms with Crippen molar-refractivity contribution in [2.75, 3.05) is 5.32 Å². The number of fused-ring (bicyclic) bond motifs is 1. The van der Waals surface area contributed by atoms with Crippen LogP contribution in [0.3, 0.4) is 0 Å². The summed E-state index contributed by atoms with van der Waals surface area (Å²) >= 11 is 1.56. The van der Waals surface area contributed by atoms with Crippen LogP contribution in [0.2, 0.25) is 0 Å². The lowest BCUT2D eigenvalue weighted by atomic mass is 10.1. The van der Waals surface area contributed by atoms with E-state index < -0.39 is 0 Å². The number of pyridine rings is 1. The predicted octanol–water partition coefficient (Wildman–Crippen LogP) is 4.85. The van der Waals surface area contributed by atoms with E-state index in [1.807, 2.05) is 35.7 Å². The van der Waals surface area contributed by atoms with Crippen LogP contribution in [0.1, 0.15) is 11.3 Å². The van der Waals surface area contributed by atoms with Gasteiger partial charge in [0, 0.05) is 22.5 Å². The van der Waals surface area contributed by atoms with E-state index in [2.05, 4.69) is 46.5 Å². The maximum atomic E-state index is 12.4. The molecule has 2 aromatic heterocycles. The van der Waals surface area contributed by atoms with Gasteiger partial charge >= 0.3 is 0 Å². The molecule has 0 aliphatic carbocycles. The normalized spacial score (nSPS) is 10.8. The van der Waals surface area contributed by atoms with Crippen molar-refractivity contribution in [1.82, 2.24) is 9.97 Å². The standard InChI is InChI=1S/C21H17N3OS/c1-14-7-9-16(10-8-14)21-23-17(13-26-21)12-19(25)24-18-6-2-4-15-5-3-11-22-20(15)18/h2-11,13H,12H2,1H3,(H,24,25). The molecule has 128 valence electrons. The van der Waals surface area contributed by atoms with Crippen molar-refractivity contribution in [2.45, 2.75) is 13.3 Å². The number of nitrogens with zero attached hydrogens (tertiary/aromatic N) is 2. The third kappa shape index (κ3) is 3.48.